The topological polar surface area (TPSA) is 56.0 Å². The first kappa shape index (κ1) is 17.4. The molecule has 0 radical (unpaired) electrons. The van der Waals surface area contributed by atoms with Crippen molar-refractivity contribution in [2.24, 2.45) is 13.0 Å². The van der Waals surface area contributed by atoms with Crippen LogP contribution in [0.5, 0.6) is 0 Å². The van der Waals surface area contributed by atoms with E-state index in [1.54, 1.807) is 6.20 Å². The van der Waals surface area contributed by atoms with Crippen molar-refractivity contribution in [2.75, 3.05) is 18.0 Å². The van der Waals surface area contributed by atoms with Crippen LogP contribution in [0.1, 0.15) is 18.0 Å². The molecule has 28 heavy (non-hydrogen) atoms. The number of hydrogen-bond donors (Lipinski definition) is 0. The number of nitrogens with zero attached hydrogens (tertiary/aromatic N) is 5. The van der Waals surface area contributed by atoms with Crippen LogP contribution in [-0.4, -0.2) is 32.2 Å². The zero-order valence-corrected chi connectivity index (χ0v) is 16.1. The van der Waals surface area contributed by atoms with E-state index in [0.717, 1.165) is 12.1 Å². The molecule has 0 aromatic carbocycles. The standard InChI is InChI=1S/C20H19ClFN5O/c1-25-5-4-23-18(25)15-2-3-17-13-6-12(10-27(17)20(15)28)9-26(11-13)19-16(22)7-14(21)8-24-19/h2-5,7-8,12-13H,6,9-11H2,1H3/t12-,13+/m0/s1. The molecule has 2 aliphatic heterocycles. The number of rotatable bonds is 2. The van der Waals surface area contributed by atoms with Crippen molar-refractivity contribution in [2.45, 2.75) is 18.9 Å². The molecule has 3 aromatic rings. The van der Waals surface area contributed by atoms with Crippen LogP contribution in [0.2, 0.25) is 5.02 Å². The van der Waals surface area contributed by atoms with Gasteiger partial charge < -0.3 is 14.0 Å². The average Bonchev–Trinajstić information content (AvgIpc) is 3.08. The Kier molecular flexibility index (Phi) is 4.01. The van der Waals surface area contributed by atoms with Crippen LogP contribution >= 0.6 is 11.6 Å². The smallest absolute Gasteiger partial charge is 0.261 e. The number of pyridine rings is 2. The molecule has 5 heterocycles. The molecule has 0 saturated carbocycles. The number of piperidine rings is 1. The third kappa shape index (κ3) is 2.73. The van der Waals surface area contributed by atoms with Gasteiger partial charge in [-0.05, 0) is 30.5 Å². The normalized spacial score (nSPS) is 20.9. The van der Waals surface area contributed by atoms with Gasteiger partial charge in [0.05, 0.1) is 10.6 Å². The number of hydrogen-bond acceptors (Lipinski definition) is 4. The zero-order chi connectivity index (χ0) is 19.4. The number of aryl methyl sites for hydroxylation is 1. The molecule has 3 aromatic heterocycles. The monoisotopic (exact) mass is 399 g/mol. The maximum absolute atomic E-state index is 14.4. The zero-order valence-electron chi connectivity index (χ0n) is 15.3. The van der Waals surface area contributed by atoms with Crippen LogP contribution in [0.3, 0.4) is 0 Å². The fraction of sp³-hybridized carbons (Fsp3) is 0.350. The average molecular weight is 400 g/mol. The van der Waals surface area contributed by atoms with Crippen molar-refractivity contribution in [3.05, 3.63) is 63.7 Å². The molecule has 0 N–H and O–H groups in total. The number of halogens is 2. The van der Waals surface area contributed by atoms with E-state index in [0.29, 0.717) is 36.8 Å². The molecule has 0 unspecified atom stereocenters. The van der Waals surface area contributed by atoms with Gasteiger partial charge in [-0.2, -0.15) is 0 Å². The molecular weight excluding hydrogens is 381 g/mol. The van der Waals surface area contributed by atoms with Gasteiger partial charge in [-0.1, -0.05) is 11.6 Å². The summed E-state index contributed by atoms with van der Waals surface area (Å²) in [5.41, 5.74) is 1.60. The number of fused-ring (bicyclic) bond motifs is 4. The minimum Gasteiger partial charge on any atom is -0.353 e. The molecule has 6 nitrogen and oxygen atoms in total. The highest BCUT2D eigenvalue weighted by molar-refractivity contribution is 6.30. The summed E-state index contributed by atoms with van der Waals surface area (Å²) in [5.74, 6) is 1.02. The van der Waals surface area contributed by atoms with Gasteiger partial charge in [0.15, 0.2) is 11.6 Å². The van der Waals surface area contributed by atoms with Crippen LogP contribution in [0, 0.1) is 11.7 Å². The van der Waals surface area contributed by atoms with Crippen LogP contribution in [0.25, 0.3) is 11.4 Å². The quantitative estimate of drug-likeness (QED) is 0.664. The lowest BCUT2D eigenvalue weighted by Crippen LogP contribution is -2.48. The molecule has 0 aliphatic carbocycles. The minimum absolute atomic E-state index is 0.00857. The lowest BCUT2D eigenvalue weighted by atomic mass is 9.83. The number of imidazole rings is 1. The lowest BCUT2D eigenvalue weighted by Gasteiger charge is -2.43. The van der Waals surface area contributed by atoms with Crippen molar-refractivity contribution in [3.8, 4) is 11.4 Å². The number of anilines is 1. The van der Waals surface area contributed by atoms with Gasteiger partial charge in [0.1, 0.15) is 5.82 Å². The molecule has 2 atom stereocenters. The van der Waals surface area contributed by atoms with E-state index in [-0.39, 0.29) is 22.4 Å². The van der Waals surface area contributed by atoms with E-state index >= 15 is 0 Å². The molecule has 2 aliphatic rings. The Hall–Kier alpha value is -2.67. The highest BCUT2D eigenvalue weighted by atomic mass is 35.5. The van der Waals surface area contributed by atoms with Crippen LogP contribution in [0.4, 0.5) is 10.2 Å². The summed E-state index contributed by atoms with van der Waals surface area (Å²) in [6, 6.07) is 5.17. The summed E-state index contributed by atoms with van der Waals surface area (Å²) >= 11 is 5.84. The molecule has 1 fully saturated rings. The van der Waals surface area contributed by atoms with E-state index in [9.17, 15) is 9.18 Å². The lowest BCUT2D eigenvalue weighted by molar-refractivity contribution is 0.279. The van der Waals surface area contributed by atoms with Gasteiger partial charge in [0, 0.05) is 56.9 Å². The van der Waals surface area contributed by atoms with Gasteiger partial charge in [-0.25, -0.2) is 14.4 Å². The molecule has 144 valence electrons. The summed E-state index contributed by atoms with van der Waals surface area (Å²) in [6.07, 6.45) is 5.99. The van der Waals surface area contributed by atoms with Crippen molar-refractivity contribution in [1.29, 1.82) is 0 Å². The summed E-state index contributed by atoms with van der Waals surface area (Å²) in [5, 5.41) is 0.289. The fourth-order valence-electron chi connectivity index (χ4n) is 4.55. The van der Waals surface area contributed by atoms with Gasteiger partial charge in [0.25, 0.3) is 5.56 Å². The fourth-order valence-corrected chi connectivity index (χ4v) is 4.70. The summed E-state index contributed by atoms with van der Waals surface area (Å²) < 4.78 is 18.1. The predicted molar refractivity (Wildman–Crippen MR) is 105 cm³/mol. The van der Waals surface area contributed by atoms with Gasteiger partial charge >= 0.3 is 0 Å². The van der Waals surface area contributed by atoms with Crippen LogP contribution in [0.15, 0.2) is 41.6 Å². The molecular formula is C20H19ClFN5O. The highest BCUT2D eigenvalue weighted by Gasteiger charge is 2.36. The Labute approximate surface area is 166 Å². The third-order valence-electron chi connectivity index (χ3n) is 5.75. The van der Waals surface area contributed by atoms with Crippen molar-refractivity contribution < 1.29 is 4.39 Å². The summed E-state index contributed by atoms with van der Waals surface area (Å²) in [4.78, 5) is 23.6. The largest absolute Gasteiger partial charge is 0.353 e. The maximum Gasteiger partial charge on any atom is 0.261 e. The number of aromatic nitrogens is 4. The van der Waals surface area contributed by atoms with Gasteiger partial charge in [0.2, 0.25) is 0 Å². The first-order chi connectivity index (χ1) is 13.5. The predicted octanol–water partition coefficient (Wildman–Crippen LogP) is 3.06. The molecule has 1 saturated heterocycles. The molecule has 0 spiro atoms. The van der Waals surface area contributed by atoms with Crippen LogP contribution in [-0.2, 0) is 13.6 Å². The first-order valence-corrected chi connectivity index (χ1v) is 9.66. The Morgan fingerprint density at radius 1 is 1.21 bits per heavy atom. The van der Waals surface area contributed by atoms with Crippen molar-refractivity contribution in [3.63, 3.8) is 0 Å². The molecule has 5 rings (SSSR count). The van der Waals surface area contributed by atoms with Gasteiger partial charge in [-0.3, -0.25) is 4.79 Å². The van der Waals surface area contributed by atoms with E-state index in [1.165, 1.54) is 12.3 Å². The molecule has 0 amide bonds. The Bertz CT molecular complexity index is 1120. The van der Waals surface area contributed by atoms with E-state index < -0.39 is 5.82 Å². The van der Waals surface area contributed by atoms with E-state index in [2.05, 4.69) is 9.97 Å². The summed E-state index contributed by atoms with van der Waals surface area (Å²) in [7, 11) is 1.88. The first-order valence-electron chi connectivity index (χ1n) is 9.28. The molecule has 2 bridgehead atoms. The third-order valence-corrected chi connectivity index (χ3v) is 5.96. The SMILES string of the molecule is Cn1ccnc1-c1ccc2n(c1=O)C[C@H]1C[C@@H]2CN(c2ncc(Cl)cc2F)C1. The Morgan fingerprint density at radius 3 is 2.82 bits per heavy atom. The van der Waals surface area contributed by atoms with E-state index in [1.807, 2.05) is 39.4 Å². The van der Waals surface area contributed by atoms with Gasteiger partial charge in [-0.15, -0.1) is 0 Å². The summed E-state index contributed by atoms with van der Waals surface area (Å²) in [6.45, 7) is 1.92. The maximum atomic E-state index is 14.4. The Balaban J connectivity index is 1.52. The van der Waals surface area contributed by atoms with Crippen molar-refractivity contribution in [1.82, 2.24) is 19.1 Å². The second kappa shape index (κ2) is 6.44. The minimum atomic E-state index is -0.407. The second-order valence-electron chi connectivity index (χ2n) is 7.61. The molecule has 8 heteroatoms. The van der Waals surface area contributed by atoms with E-state index in [4.69, 9.17) is 11.6 Å². The second-order valence-corrected chi connectivity index (χ2v) is 8.05. The van der Waals surface area contributed by atoms with Crippen molar-refractivity contribution >= 4 is 17.4 Å². The van der Waals surface area contributed by atoms with Crippen LogP contribution < -0.4 is 10.5 Å². The Morgan fingerprint density at radius 2 is 2.07 bits per heavy atom. The highest BCUT2D eigenvalue weighted by Crippen LogP contribution is 2.37.